The number of primary amides is 1. The molecule has 2 aromatic rings. The van der Waals surface area contributed by atoms with Gasteiger partial charge in [-0.2, -0.15) is 0 Å². The molecule has 1 heterocycles. The van der Waals surface area contributed by atoms with Crippen molar-refractivity contribution >= 4 is 65.3 Å². The molecule has 2 aromatic carbocycles. The van der Waals surface area contributed by atoms with Gasteiger partial charge in [-0.15, -0.1) is 0 Å². The van der Waals surface area contributed by atoms with Gasteiger partial charge in [0.2, 0.25) is 41.4 Å². The van der Waals surface area contributed by atoms with E-state index in [1.807, 2.05) is 32.0 Å². The Morgan fingerprint density at radius 3 is 1.87 bits per heavy atom. The number of rotatable bonds is 48. The Morgan fingerprint density at radius 1 is 0.639 bits per heavy atom. The number of nitrogens with one attached hydrogen (secondary N) is 7. The Bertz CT molecular complexity index is 3090. The smallest absolute Gasteiger partial charge is 0.410 e. The van der Waals surface area contributed by atoms with Crippen molar-refractivity contribution < 1.29 is 90.9 Å². The number of carbonyl (C=O) groups is 10. The minimum atomic E-state index is -1.12. The SMILES string of the molecule is CCC(C)C(C(CC(=O)N1CCCC1C(OC)C(C)C(=O)NC(C)C(O)c1ccccc1)OC)N(C)C(=O)C(NC(=O)C(C(C)C)N(C)C(=O)OCc1ccc(NC(=O)C(CCCNC(N)=O)NC(=O)C(NC(=O)CCOCCOCCOCCOCCNC(=O)OC2CC/C=C\CCC2)C(C)C)cc1)C(C)C. The minimum absolute atomic E-state index is 0.0538. The van der Waals surface area contributed by atoms with Crippen LogP contribution in [-0.2, 0) is 78.1 Å². The molecule has 30 heteroatoms. The number of amides is 11. The highest BCUT2D eigenvalue weighted by atomic mass is 16.6. The molecular weight excluding hydrogens is 1390 g/mol. The fourth-order valence-corrected chi connectivity index (χ4v) is 13.3. The highest BCUT2D eigenvalue weighted by Gasteiger charge is 2.44. The lowest BCUT2D eigenvalue weighted by Crippen LogP contribution is -2.60. The second-order valence-electron chi connectivity index (χ2n) is 28.9. The van der Waals surface area contributed by atoms with E-state index in [2.05, 4.69) is 49.4 Å². The van der Waals surface area contributed by atoms with Crippen molar-refractivity contribution in [2.24, 2.45) is 35.3 Å². The number of carbonyl (C=O) groups excluding carboxylic acids is 10. The van der Waals surface area contributed by atoms with E-state index < -0.39 is 126 Å². The molecule has 108 heavy (non-hydrogen) atoms. The van der Waals surface area contributed by atoms with Crippen molar-refractivity contribution in [1.82, 2.24) is 46.6 Å². The van der Waals surface area contributed by atoms with Crippen LogP contribution in [0, 0.1) is 29.6 Å². The van der Waals surface area contributed by atoms with Crippen LogP contribution in [0.2, 0.25) is 0 Å². The predicted octanol–water partition coefficient (Wildman–Crippen LogP) is 6.66. The zero-order chi connectivity index (χ0) is 79.8. The molecule has 1 saturated heterocycles. The van der Waals surface area contributed by atoms with Crippen LogP contribution < -0.4 is 43.0 Å². The van der Waals surface area contributed by atoms with Crippen molar-refractivity contribution in [3.8, 4) is 0 Å². The topological polar surface area (TPSA) is 385 Å². The third kappa shape index (κ3) is 31.9. The van der Waals surface area contributed by atoms with Crippen LogP contribution in [0.5, 0.6) is 0 Å². The predicted molar refractivity (Wildman–Crippen MR) is 407 cm³/mol. The van der Waals surface area contributed by atoms with Crippen LogP contribution in [0.15, 0.2) is 66.7 Å². The summed E-state index contributed by atoms with van der Waals surface area (Å²) in [5.41, 5.74) is 6.80. The number of nitrogens with two attached hydrogens (primary N) is 1. The first-order chi connectivity index (χ1) is 51.5. The van der Waals surface area contributed by atoms with Gasteiger partial charge in [-0.1, -0.05) is 123 Å². The Balaban J connectivity index is 1.26. The number of ether oxygens (including phenoxy) is 8. The molecule has 11 amide bonds. The molecule has 0 spiro atoms. The van der Waals surface area contributed by atoms with E-state index in [1.165, 1.54) is 26.2 Å². The summed E-state index contributed by atoms with van der Waals surface area (Å²) in [5, 5.41) is 30.4. The molecule has 1 aliphatic carbocycles. The number of urea groups is 1. The number of nitrogens with zero attached hydrogens (tertiary/aromatic N) is 3. The van der Waals surface area contributed by atoms with E-state index in [9.17, 15) is 53.1 Å². The fraction of sp³-hybridized carbons (Fsp3) is 0.692. The van der Waals surface area contributed by atoms with Gasteiger partial charge in [0.15, 0.2) is 0 Å². The summed E-state index contributed by atoms with van der Waals surface area (Å²) in [6.45, 7) is 20.9. The summed E-state index contributed by atoms with van der Waals surface area (Å²) in [6, 6.07) is 8.72. The molecule has 1 fully saturated rings. The second kappa shape index (κ2) is 49.9. The van der Waals surface area contributed by atoms with Gasteiger partial charge < -0.3 is 95.8 Å². The molecule has 1 aliphatic heterocycles. The number of aliphatic hydroxyl groups excluding tert-OH is 1. The maximum absolute atomic E-state index is 14.9. The van der Waals surface area contributed by atoms with Gasteiger partial charge in [0, 0.05) is 60.1 Å². The van der Waals surface area contributed by atoms with Crippen molar-refractivity contribution in [2.45, 2.75) is 220 Å². The van der Waals surface area contributed by atoms with Gasteiger partial charge in [-0.25, -0.2) is 14.4 Å². The molecule has 0 bridgehead atoms. The van der Waals surface area contributed by atoms with E-state index in [0.717, 1.165) is 32.1 Å². The number of hydrogen-bond acceptors (Lipinski definition) is 19. The molecule has 4 rings (SSSR count). The second-order valence-corrected chi connectivity index (χ2v) is 28.9. The zero-order valence-electron chi connectivity index (χ0n) is 66.3. The van der Waals surface area contributed by atoms with Crippen molar-refractivity contribution in [3.05, 3.63) is 77.9 Å². The normalized spacial score (nSPS) is 17.9. The Hall–Kier alpha value is -8.00. The van der Waals surface area contributed by atoms with Gasteiger partial charge in [0.25, 0.3) is 0 Å². The van der Waals surface area contributed by atoms with E-state index >= 15 is 0 Å². The van der Waals surface area contributed by atoms with E-state index in [1.54, 1.807) is 109 Å². The van der Waals surface area contributed by atoms with Crippen LogP contribution in [0.3, 0.4) is 0 Å². The monoisotopic (exact) mass is 1520 g/mol. The summed E-state index contributed by atoms with van der Waals surface area (Å²) in [6.07, 6.45) is 7.21. The van der Waals surface area contributed by atoms with Crippen molar-refractivity contribution in [3.63, 3.8) is 0 Å². The molecule has 2 aliphatic rings. The average molecular weight is 1520 g/mol. The lowest BCUT2D eigenvalue weighted by Gasteiger charge is -2.41. The Morgan fingerprint density at radius 2 is 1.27 bits per heavy atom. The van der Waals surface area contributed by atoms with Crippen molar-refractivity contribution in [1.29, 1.82) is 0 Å². The van der Waals surface area contributed by atoms with E-state index in [0.29, 0.717) is 82.2 Å². The highest BCUT2D eigenvalue weighted by Crippen LogP contribution is 2.31. The third-order valence-electron chi connectivity index (χ3n) is 19.6. The van der Waals surface area contributed by atoms with Crippen molar-refractivity contribution in [2.75, 3.05) is 106 Å². The van der Waals surface area contributed by atoms with Gasteiger partial charge >= 0.3 is 18.2 Å². The zero-order valence-corrected chi connectivity index (χ0v) is 66.3. The van der Waals surface area contributed by atoms with Gasteiger partial charge in [-0.3, -0.25) is 38.5 Å². The summed E-state index contributed by atoms with van der Waals surface area (Å²) in [4.78, 5) is 140. The number of likely N-dealkylation sites (tertiary alicyclic amines) is 1. The minimum Gasteiger partial charge on any atom is -0.446 e. The molecule has 13 atom stereocenters. The fourth-order valence-electron chi connectivity index (χ4n) is 13.3. The maximum atomic E-state index is 14.9. The molecule has 30 nitrogen and oxygen atoms in total. The summed E-state index contributed by atoms with van der Waals surface area (Å²) in [7, 11) is 6.09. The molecular formula is C78H127N11O19. The molecule has 0 radical (unpaired) electrons. The van der Waals surface area contributed by atoms with Gasteiger partial charge in [0.1, 0.15) is 36.9 Å². The van der Waals surface area contributed by atoms with Crippen LogP contribution in [0.4, 0.5) is 20.1 Å². The quantitative estimate of drug-likeness (QED) is 0.0247. The Kier molecular flexibility index (Phi) is 42.7. The Labute approximate surface area is 639 Å². The molecule has 13 unspecified atom stereocenters. The summed E-state index contributed by atoms with van der Waals surface area (Å²) in [5.74, 6) is -5.36. The highest BCUT2D eigenvalue weighted by molar-refractivity contribution is 5.98. The summed E-state index contributed by atoms with van der Waals surface area (Å²) < 4.78 is 45.5. The van der Waals surface area contributed by atoms with E-state index in [4.69, 9.17) is 43.6 Å². The first-order valence-corrected chi connectivity index (χ1v) is 38.3. The number of benzene rings is 2. The molecule has 608 valence electrons. The number of likely N-dealkylation sites (N-methyl/N-ethyl adjacent to an activating group) is 2. The first kappa shape index (κ1) is 92.4. The third-order valence-corrected chi connectivity index (χ3v) is 19.6. The molecule has 0 saturated carbocycles. The average Bonchev–Trinajstić information content (AvgIpc) is 1.48. The van der Waals surface area contributed by atoms with E-state index in [-0.39, 0.29) is 88.4 Å². The van der Waals surface area contributed by atoms with Gasteiger partial charge in [-0.05, 0) is 112 Å². The molecule has 0 aromatic heterocycles. The number of allylic oxidation sites excluding steroid dienone is 2. The number of methoxy groups -OCH3 is 2. The maximum Gasteiger partial charge on any atom is 0.410 e. The number of anilines is 1. The lowest BCUT2D eigenvalue weighted by atomic mass is 9.89. The lowest BCUT2D eigenvalue weighted by molar-refractivity contribution is -0.148. The number of alkyl carbamates (subject to hydrolysis) is 1. The number of hydrogen-bond donors (Lipinski definition) is 9. The standard InChI is InChI=1S/C78H127N11O19/c1-15-53(8)68(62(101-13)48-64(91)89-39-25-31-61(89)70(102-14)54(9)71(93)82-55(10)69(92)57-26-20-19-21-27-57)87(11)75(97)66(51(4)5)86-74(96)67(52(6)7)88(12)78(100)107-49-56-32-34-58(35-33-56)83-72(94)60(30-24-37-80-76(79)98)84-73(95)65(50(2)3)85-63(90)36-40-103-42-44-105-46-47-106-45-43-104-41-38-81-77(99)108-59-28-22-17-16-18-23-29-59/h16-17,19-21,26-27,32-35,50-55,59-62,65-70,92H,15,18,22-25,28-31,36-49H2,1-14H3,(H,81,99)(H,82,93)(H,83,94)(H,84,95)(H,85,90)(H,86,96)(H3,79,80,98)/b17-16-. The van der Waals surface area contributed by atoms with Crippen LogP contribution >= 0.6 is 0 Å². The first-order valence-electron chi connectivity index (χ1n) is 38.3. The molecule has 10 N–H and O–H groups in total. The number of aliphatic hydroxyl groups is 1. The van der Waals surface area contributed by atoms with Crippen LogP contribution in [0.25, 0.3) is 0 Å². The largest absolute Gasteiger partial charge is 0.446 e. The van der Waals surface area contributed by atoms with Gasteiger partial charge in [0.05, 0.1) is 102 Å². The van der Waals surface area contributed by atoms with Crippen LogP contribution in [0.1, 0.15) is 164 Å². The summed E-state index contributed by atoms with van der Waals surface area (Å²) >= 11 is 0. The van der Waals surface area contributed by atoms with Crippen LogP contribution in [-0.4, -0.2) is 241 Å².